The molecule has 1 aliphatic heterocycles. The Balaban J connectivity index is 2.11. The number of hydrogen-bond acceptors (Lipinski definition) is 3. The number of thiol groups is 1. The van der Waals surface area contributed by atoms with Gasteiger partial charge in [0.1, 0.15) is 0 Å². The molecule has 1 heterocycles. The van der Waals surface area contributed by atoms with E-state index in [1.54, 1.807) is 0 Å². The summed E-state index contributed by atoms with van der Waals surface area (Å²) in [6.07, 6.45) is 2.39. The summed E-state index contributed by atoms with van der Waals surface area (Å²) < 4.78 is 5.59. The monoisotopic (exact) mass is 203 g/mol. The maximum absolute atomic E-state index is 5.33. The van der Waals surface area contributed by atoms with Crippen LogP contribution in [-0.2, 0) is 4.74 Å². The molecular formula is C10H21NOS. The maximum Gasteiger partial charge on any atom is 0.0593 e. The topological polar surface area (TPSA) is 12.5 Å². The standard InChI is InChI=1S/C10H21NOS/c1-3-12-9-8-11-6-4-10(2,13)5-7-11/h13H,3-9H2,1-2H3. The van der Waals surface area contributed by atoms with Gasteiger partial charge in [0.25, 0.3) is 0 Å². The highest BCUT2D eigenvalue weighted by molar-refractivity contribution is 7.81. The van der Waals surface area contributed by atoms with E-state index in [-0.39, 0.29) is 4.75 Å². The van der Waals surface area contributed by atoms with Gasteiger partial charge in [-0.1, -0.05) is 6.92 Å². The lowest BCUT2D eigenvalue weighted by Gasteiger charge is -2.36. The van der Waals surface area contributed by atoms with Crippen molar-refractivity contribution in [3.63, 3.8) is 0 Å². The Hall–Kier alpha value is 0.270. The Morgan fingerprint density at radius 2 is 2.00 bits per heavy atom. The predicted octanol–water partition coefficient (Wildman–Crippen LogP) is 1.81. The summed E-state index contributed by atoms with van der Waals surface area (Å²) in [7, 11) is 0. The van der Waals surface area contributed by atoms with Gasteiger partial charge in [-0.05, 0) is 32.9 Å². The Bertz CT molecular complexity index is 140. The molecule has 1 saturated heterocycles. The van der Waals surface area contributed by atoms with E-state index < -0.39 is 0 Å². The van der Waals surface area contributed by atoms with E-state index in [2.05, 4.69) is 24.5 Å². The maximum atomic E-state index is 5.33. The molecule has 1 aliphatic rings. The molecule has 0 radical (unpaired) electrons. The van der Waals surface area contributed by atoms with Crippen molar-refractivity contribution >= 4 is 12.6 Å². The van der Waals surface area contributed by atoms with Gasteiger partial charge in [-0.15, -0.1) is 0 Å². The van der Waals surface area contributed by atoms with Gasteiger partial charge in [0.2, 0.25) is 0 Å². The number of hydrogen-bond donors (Lipinski definition) is 1. The highest BCUT2D eigenvalue weighted by Gasteiger charge is 2.25. The van der Waals surface area contributed by atoms with E-state index >= 15 is 0 Å². The SMILES string of the molecule is CCOCCN1CCC(C)(S)CC1. The molecule has 0 aromatic rings. The number of nitrogens with zero attached hydrogens (tertiary/aromatic N) is 1. The molecule has 0 spiro atoms. The molecule has 1 rings (SSSR count). The second kappa shape index (κ2) is 5.23. The van der Waals surface area contributed by atoms with Crippen LogP contribution in [0.3, 0.4) is 0 Å². The summed E-state index contributed by atoms with van der Waals surface area (Å²) >= 11 is 4.61. The molecule has 0 atom stereocenters. The fraction of sp³-hybridized carbons (Fsp3) is 1.00. The second-order valence-corrected chi connectivity index (χ2v) is 5.12. The largest absolute Gasteiger partial charge is 0.380 e. The van der Waals surface area contributed by atoms with Crippen LogP contribution in [0.1, 0.15) is 26.7 Å². The van der Waals surface area contributed by atoms with Crippen LogP contribution in [0.5, 0.6) is 0 Å². The van der Waals surface area contributed by atoms with Crippen molar-refractivity contribution in [3.8, 4) is 0 Å². The van der Waals surface area contributed by atoms with E-state index in [1.165, 1.54) is 25.9 Å². The lowest BCUT2D eigenvalue weighted by molar-refractivity contribution is 0.101. The Labute approximate surface area is 87.0 Å². The van der Waals surface area contributed by atoms with Gasteiger partial charge < -0.3 is 9.64 Å². The molecule has 0 N–H and O–H groups in total. The summed E-state index contributed by atoms with van der Waals surface area (Å²) in [4.78, 5) is 2.47. The molecule has 2 nitrogen and oxygen atoms in total. The van der Waals surface area contributed by atoms with Gasteiger partial charge in [0.05, 0.1) is 6.61 Å². The molecule has 1 fully saturated rings. The average Bonchev–Trinajstić information content (AvgIpc) is 2.08. The van der Waals surface area contributed by atoms with Crippen LogP contribution in [-0.4, -0.2) is 42.5 Å². The first-order valence-corrected chi connectivity index (χ1v) is 5.61. The molecule has 0 aromatic heterocycles. The van der Waals surface area contributed by atoms with Crippen molar-refractivity contribution in [2.24, 2.45) is 0 Å². The highest BCUT2D eigenvalue weighted by atomic mass is 32.1. The van der Waals surface area contributed by atoms with Crippen molar-refractivity contribution < 1.29 is 4.74 Å². The van der Waals surface area contributed by atoms with Crippen LogP contribution in [0.2, 0.25) is 0 Å². The first-order valence-electron chi connectivity index (χ1n) is 5.16. The van der Waals surface area contributed by atoms with E-state index in [1.807, 2.05) is 6.92 Å². The number of likely N-dealkylation sites (tertiary alicyclic amines) is 1. The smallest absolute Gasteiger partial charge is 0.0593 e. The molecule has 0 saturated carbocycles. The highest BCUT2D eigenvalue weighted by Crippen LogP contribution is 2.27. The molecular weight excluding hydrogens is 182 g/mol. The van der Waals surface area contributed by atoms with Crippen LogP contribution in [0.25, 0.3) is 0 Å². The third-order valence-corrected chi connectivity index (χ3v) is 3.14. The normalized spacial score (nSPS) is 23.3. The van der Waals surface area contributed by atoms with Crippen LogP contribution in [0, 0.1) is 0 Å². The average molecular weight is 203 g/mol. The summed E-state index contributed by atoms with van der Waals surface area (Å²) in [6.45, 7) is 9.41. The van der Waals surface area contributed by atoms with E-state index in [0.29, 0.717) is 0 Å². The Morgan fingerprint density at radius 1 is 1.38 bits per heavy atom. The van der Waals surface area contributed by atoms with Crippen LogP contribution in [0.4, 0.5) is 0 Å². The molecule has 0 aliphatic carbocycles. The van der Waals surface area contributed by atoms with Gasteiger partial charge in [-0.25, -0.2) is 0 Å². The van der Waals surface area contributed by atoms with E-state index in [0.717, 1.165) is 19.8 Å². The summed E-state index contributed by atoms with van der Waals surface area (Å²) in [6, 6.07) is 0. The number of ether oxygens (including phenoxy) is 1. The third-order valence-electron chi connectivity index (χ3n) is 2.69. The van der Waals surface area contributed by atoms with Crippen LogP contribution in [0.15, 0.2) is 0 Å². The van der Waals surface area contributed by atoms with Crippen molar-refractivity contribution in [1.82, 2.24) is 4.90 Å². The predicted molar refractivity (Wildman–Crippen MR) is 59.6 cm³/mol. The molecule has 78 valence electrons. The lowest BCUT2D eigenvalue weighted by atomic mass is 9.98. The minimum Gasteiger partial charge on any atom is -0.380 e. The lowest BCUT2D eigenvalue weighted by Crippen LogP contribution is -2.40. The van der Waals surface area contributed by atoms with Crippen LogP contribution < -0.4 is 0 Å². The van der Waals surface area contributed by atoms with E-state index in [4.69, 9.17) is 4.74 Å². The van der Waals surface area contributed by atoms with Crippen molar-refractivity contribution in [1.29, 1.82) is 0 Å². The molecule has 3 heteroatoms. The summed E-state index contributed by atoms with van der Waals surface area (Å²) in [5.74, 6) is 0. The zero-order valence-electron chi connectivity index (χ0n) is 8.75. The Morgan fingerprint density at radius 3 is 2.54 bits per heavy atom. The fourth-order valence-corrected chi connectivity index (χ4v) is 1.80. The minimum atomic E-state index is 0.266. The molecule has 0 aromatic carbocycles. The number of piperidine rings is 1. The van der Waals surface area contributed by atoms with Gasteiger partial charge in [0.15, 0.2) is 0 Å². The van der Waals surface area contributed by atoms with Gasteiger partial charge in [-0.2, -0.15) is 12.6 Å². The third kappa shape index (κ3) is 4.34. The van der Waals surface area contributed by atoms with E-state index in [9.17, 15) is 0 Å². The van der Waals surface area contributed by atoms with Crippen LogP contribution >= 0.6 is 12.6 Å². The van der Waals surface area contributed by atoms with Crippen molar-refractivity contribution in [2.45, 2.75) is 31.4 Å². The zero-order chi connectivity index (χ0) is 9.73. The molecule has 0 bridgehead atoms. The Kier molecular flexibility index (Phi) is 4.56. The van der Waals surface area contributed by atoms with Gasteiger partial charge in [-0.3, -0.25) is 0 Å². The van der Waals surface area contributed by atoms with Gasteiger partial charge in [0, 0.05) is 17.9 Å². The fourth-order valence-electron chi connectivity index (χ4n) is 1.60. The quantitative estimate of drug-likeness (QED) is 0.552. The first kappa shape index (κ1) is 11.3. The first-order chi connectivity index (χ1) is 6.14. The molecule has 0 unspecified atom stereocenters. The zero-order valence-corrected chi connectivity index (χ0v) is 9.65. The second-order valence-electron chi connectivity index (χ2n) is 4.04. The minimum absolute atomic E-state index is 0.266. The summed E-state index contributed by atoms with van der Waals surface area (Å²) in [5, 5.41) is 0. The molecule has 0 amide bonds. The van der Waals surface area contributed by atoms with Crippen molar-refractivity contribution in [2.75, 3.05) is 32.8 Å². The number of rotatable bonds is 4. The van der Waals surface area contributed by atoms with Crippen molar-refractivity contribution in [3.05, 3.63) is 0 Å². The molecule has 13 heavy (non-hydrogen) atoms. The van der Waals surface area contributed by atoms with Gasteiger partial charge >= 0.3 is 0 Å². The summed E-state index contributed by atoms with van der Waals surface area (Å²) in [5.41, 5.74) is 0.